The number of amides is 5. The summed E-state index contributed by atoms with van der Waals surface area (Å²) in [6.07, 6.45) is 1.35. The summed E-state index contributed by atoms with van der Waals surface area (Å²) in [5.74, 6) is -0.709. The number of nitrogens with one attached hydrogen (secondary N) is 3. The summed E-state index contributed by atoms with van der Waals surface area (Å²) in [5, 5.41) is 6.71. The van der Waals surface area contributed by atoms with Gasteiger partial charge in [0.15, 0.2) is 6.61 Å². The highest BCUT2D eigenvalue weighted by Gasteiger charge is 2.27. The summed E-state index contributed by atoms with van der Waals surface area (Å²) in [6, 6.07) is 12.6. The first kappa shape index (κ1) is 20.6. The Bertz CT molecular complexity index is 974. The van der Waals surface area contributed by atoms with Crippen molar-refractivity contribution in [3.8, 4) is 11.5 Å². The quantitative estimate of drug-likeness (QED) is 0.474. The highest BCUT2D eigenvalue weighted by molar-refractivity contribution is 6.31. The van der Waals surface area contributed by atoms with Gasteiger partial charge in [-0.25, -0.2) is 4.79 Å². The molecule has 0 radical (unpaired) electrons. The Kier molecular flexibility index (Phi) is 6.43. The number of urea groups is 1. The normalized spacial score (nSPS) is 13.2. The number of imide groups is 2. The number of barbiturate groups is 1. The zero-order chi connectivity index (χ0) is 21.5. The molecule has 0 atom stereocenters. The van der Waals surface area contributed by atoms with Crippen LogP contribution in [0.2, 0.25) is 0 Å². The highest BCUT2D eigenvalue weighted by Crippen LogP contribution is 2.17. The number of anilines is 1. The van der Waals surface area contributed by atoms with E-state index in [0.717, 1.165) is 5.75 Å². The Labute approximate surface area is 172 Å². The van der Waals surface area contributed by atoms with Gasteiger partial charge in [0, 0.05) is 5.69 Å². The average Bonchev–Trinajstić information content (AvgIpc) is 2.72. The molecule has 9 nitrogen and oxygen atoms in total. The minimum absolute atomic E-state index is 0.182. The first-order valence-corrected chi connectivity index (χ1v) is 9.08. The topological polar surface area (TPSA) is 123 Å². The van der Waals surface area contributed by atoms with Crippen molar-refractivity contribution in [3.05, 3.63) is 59.7 Å². The average molecular weight is 409 g/mol. The van der Waals surface area contributed by atoms with E-state index < -0.39 is 17.8 Å². The van der Waals surface area contributed by atoms with Crippen LogP contribution in [0, 0.1) is 0 Å². The predicted octanol–water partition coefficient (Wildman–Crippen LogP) is 1.85. The molecule has 0 aromatic heterocycles. The largest absolute Gasteiger partial charge is 0.494 e. The molecule has 0 saturated carbocycles. The summed E-state index contributed by atoms with van der Waals surface area (Å²) < 4.78 is 10.8. The maximum atomic E-state index is 12.0. The molecule has 9 heteroatoms. The lowest BCUT2D eigenvalue weighted by atomic mass is 10.1. The van der Waals surface area contributed by atoms with Crippen molar-refractivity contribution in [1.29, 1.82) is 0 Å². The van der Waals surface area contributed by atoms with Gasteiger partial charge in [-0.3, -0.25) is 25.0 Å². The van der Waals surface area contributed by atoms with Crippen molar-refractivity contribution in [2.45, 2.75) is 6.92 Å². The number of benzene rings is 2. The van der Waals surface area contributed by atoms with Gasteiger partial charge in [-0.2, -0.15) is 0 Å². The Morgan fingerprint density at radius 1 is 0.900 bits per heavy atom. The zero-order valence-corrected chi connectivity index (χ0v) is 16.1. The van der Waals surface area contributed by atoms with Gasteiger partial charge in [-0.1, -0.05) is 12.1 Å². The molecule has 1 heterocycles. The fourth-order valence-corrected chi connectivity index (χ4v) is 2.58. The number of rotatable bonds is 7. The third kappa shape index (κ3) is 5.44. The Morgan fingerprint density at radius 2 is 1.47 bits per heavy atom. The molecule has 0 spiro atoms. The van der Waals surface area contributed by atoms with Crippen molar-refractivity contribution in [1.82, 2.24) is 10.6 Å². The Balaban J connectivity index is 1.53. The van der Waals surface area contributed by atoms with Gasteiger partial charge in [-0.05, 0) is 55.0 Å². The molecule has 1 aliphatic heterocycles. The number of hydrogen-bond donors (Lipinski definition) is 3. The van der Waals surface area contributed by atoms with Crippen molar-refractivity contribution in [2.75, 3.05) is 18.5 Å². The Hall–Kier alpha value is -4.14. The van der Waals surface area contributed by atoms with Crippen LogP contribution in [0.4, 0.5) is 10.5 Å². The van der Waals surface area contributed by atoms with E-state index in [1.165, 1.54) is 6.08 Å². The molecule has 0 unspecified atom stereocenters. The molecule has 3 rings (SSSR count). The molecule has 5 amide bonds. The summed E-state index contributed by atoms with van der Waals surface area (Å²) in [7, 11) is 0. The van der Waals surface area contributed by atoms with E-state index in [2.05, 4.69) is 5.32 Å². The van der Waals surface area contributed by atoms with E-state index in [9.17, 15) is 19.2 Å². The smallest absolute Gasteiger partial charge is 0.328 e. The molecule has 1 aliphatic rings. The molecule has 1 fully saturated rings. The first-order valence-electron chi connectivity index (χ1n) is 9.08. The molecule has 1 saturated heterocycles. The van der Waals surface area contributed by atoms with Crippen LogP contribution in [0.3, 0.4) is 0 Å². The molecule has 3 N–H and O–H groups in total. The van der Waals surface area contributed by atoms with Gasteiger partial charge in [0.05, 0.1) is 6.61 Å². The minimum atomic E-state index is -0.852. The molecule has 30 heavy (non-hydrogen) atoms. The standard InChI is InChI=1S/C21H19N3O6/c1-2-29-15-9-5-14(6-10-15)22-18(25)12-30-16-7-3-13(4-8-16)11-17-19(26)23-21(28)24-20(17)27/h3-11H,2,12H2,1H3,(H,22,25)(H2,23,24,26,27,28). The summed E-state index contributed by atoms with van der Waals surface area (Å²) in [6.45, 7) is 2.26. The van der Waals surface area contributed by atoms with E-state index in [4.69, 9.17) is 9.47 Å². The van der Waals surface area contributed by atoms with Crippen LogP contribution >= 0.6 is 0 Å². The molecule has 2 aromatic rings. The predicted molar refractivity (Wildman–Crippen MR) is 108 cm³/mol. The van der Waals surface area contributed by atoms with Crippen LogP contribution in [0.5, 0.6) is 11.5 Å². The number of hydrogen-bond acceptors (Lipinski definition) is 6. The van der Waals surface area contributed by atoms with Crippen LogP contribution in [0.1, 0.15) is 12.5 Å². The Morgan fingerprint density at radius 3 is 2.07 bits per heavy atom. The maximum Gasteiger partial charge on any atom is 0.328 e. The monoisotopic (exact) mass is 409 g/mol. The van der Waals surface area contributed by atoms with Crippen molar-refractivity contribution in [3.63, 3.8) is 0 Å². The van der Waals surface area contributed by atoms with E-state index in [-0.39, 0.29) is 18.1 Å². The molecular weight excluding hydrogens is 390 g/mol. The van der Waals surface area contributed by atoms with Crippen LogP contribution in [-0.4, -0.2) is 37.0 Å². The van der Waals surface area contributed by atoms with E-state index in [1.54, 1.807) is 48.5 Å². The lowest BCUT2D eigenvalue weighted by Gasteiger charge is -2.14. The van der Waals surface area contributed by atoms with E-state index >= 15 is 0 Å². The van der Waals surface area contributed by atoms with Gasteiger partial charge in [0.2, 0.25) is 0 Å². The van der Waals surface area contributed by atoms with Gasteiger partial charge < -0.3 is 14.8 Å². The van der Waals surface area contributed by atoms with Gasteiger partial charge in [0.1, 0.15) is 17.1 Å². The van der Waals surface area contributed by atoms with Crippen molar-refractivity contribution >= 4 is 35.5 Å². The SMILES string of the molecule is CCOc1ccc(NC(=O)COc2ccc(C=C3C(=O)NC(=O)NC3=O)cc2)cc1. The van der Waals surface area contributed by atoms with Crippen molar-refractivity contribution in [2.24, 2.45) is 0 Å². The van der Waals surface area contributed by atoms with E-state index in [1.807, 2.05) is 17.6 Å². The zero-order valence-electron chi connectivity index (χ0n) is 16.1. The number of carbonyl (C=O) groups is 4. The summed E-state index contributed by atoms with van der Waals surface area (Å²) >= 11 is 0. The third-order valence-corrected chi connectivity index (χ3v) is 3.95. The van der Waals surface area contributed by atoms with Crippen LogP contribution in [0.15, 0.2) is 54.1 Å². The fourth-order valence-electron chi connectivity index (χ4n) is 2.58. The second-order valence-corrected chi connectivity index (χ2v) is 6.16. The number of carbonyl (C=O) groups excluding carboxylic acids is 4. The summed E-state index contributed by atoms with van der Waals surface area (Å²) in [5.41, 5.74) is 0.991. The molecule has 0 bridgehead atoms. The second kappa shape index (κ2) is 9.37. The van der Waals surface area contributed by atoms with E-state index in [0.29, 0.717) is 23.6 Å². The summed E-state index contributed by atoms with van der Waals surface area (Å²) in [4.78, 5) is 46.6. The van der Waals surface area contributed by atoms with Gasteiger partial charge in [-0.15, -0.1) is 0 Å². The second-order valence-electron chi connectivity index (χ2n) is 6.16. The van der Waals surface area contributed by atoms with Crippen LogP contribution in [-0.2, 0) is 14.4 Å². The highest BCUT2D eigenvalue weighted by atomic mass is 16.5. The van der Waals surface area contributed by atoms with Crippen LogP contribution in [0.25, 0.3) is 6.08 Å². The van der Waals surface area contributed by atoms with Gasteiger partial charge in [0.25, 0.3) is 17.7 Å². The lowest BCUT2D eigenvalue weighted by molar-refractivity contribution is -0.124. The molecule has 2 aromatic carbocycles. The fraction of sp³-hybridized carbons (Fsp3) is 0.143. The molecule has 0 aliphatic carbocycles. The molecule has 154 valence electrons. The minimum Gasteiger partial charge on any atom is -0.494 e. The molecular formula is C21H19N3O6. The maximum absolute atomic E-state index is 12.0. The third-order valence-electron chi connectivity index (χ3n) is 3.95. The van der Waals surface area contributed by atoms with Gasteiger partial charge >= 0.3 is 6.03 Å². The first-order chi connectivity index (χ1) is 14.4. The lowest BCUT2D eigenvalue weighted by Crippen LogP contribution is -2.51. The van der Waals surface area contributed by atoms with Crippen molar-refractivity contribution < 1.29 is 28.7 Å². The van der Waals surface area contributed by atoms with Crippen LogP contribution < -0.4 is 25.4 Å². The number of ether oxygens (including phenoxy) is 2.